The van der Waals surface area contributed by atoms with Crippen molar-refractivity contribution in [2.75, 3.05) is 19.6 Å². The van der Waals surface area contributed by atoms with Gasteiger partial charge in [-0.25, -0.2) is 4.98 Å². The molecule has 0 aliphatic rings. The predicted molar refractivity (Wildman–Crippen MR) is 123 cm³/mol. The van der Waals surface area contributed by atoms with Crippen LogP contribution in [0.15, 0.2) is 54.7 Å². The first-order chi connectivity index (χ1) is 13.2. The molecule has 0 spiro atoms. The van der Waals surface area contributed by atoms with Crippen molar-refractivity contribution >= 4 is 41.6 Å². The third kappa shape index (κ3) is 4.25. The summed E-state index contributed by atoms with van der Waals surface area (Å²) in [7, 11) is 0. The number of hydrogen-bond acceptors (Lipinski definition) is 3. The summed E-state index contributed by atoms with van der Waals surface area (Å²) in [4.78, 5) is 7.36. The SMILES string of the molecule is CCN(CC)CCn1c2ccccc2n2cc(-c3ccc(C#N)cc3)nc12.Cl.Cl. The van der Waals surface area contributed by atoms with Crippen LogP contribution in [-0.2, 0) is 6.54 Å². The lowest BCUT2D eigenvalue weighted by atomic mass is 10.1. The number of nitrogens with zero attached hydrogens (tertiary/aromatic N) is 5. The molecule has 0 N–H and O–H groups in total. The Hall–Kier alpha value is -2.52. The zero-order valence-corrected chi connectivity index (χ0v) is 18.2. The predicted octanol–water partition coefficient (Wildman–Crippen LogP) is 5.01. The fraction of sp³-hybridized carbons (Fsp3) is 0.273. The van der Waals surface area contributed by atoms with Crippen molar-refractivity contribution in [2.24, 2.45) is 0 Å². The lowest BCUT2D eigenvalue weighted by molar-refractivity contribution is 0.293. The number of hydrogen-bond donors (Lipinski definition) is 0. The maximum atomic E-state index is 9.00. The number of likely N-dealkylation sites (N-methyl/N-ethyl adjacent to an activating group) is 1. The van der Waals surface area contributed by atoms with Crippen LogP contribution in [0.4, 0.5) is 0 Å². The standard InChI is InChI=1S/C22H23N5.2ClH/c1-3-25(4-2)13-14-26-20-7-5-6-8-21(20)27-16-19(24-22(26)27)18-11-9-17(15-23)10-12-18;;/h5-12,16H,3-4,13-14H2,1-2H3;2*1H. The van der Waals surface area contributed by atoms with Gasteiger partial charge in [0.1, 0.15) is 0 Å². The second kappa shape index (κ2) is 9.80. The summed E-state index contributed by atoms with van der Waals surface area (Å²) in [6.07, 6.45) is 2.09. The highest BCUT2D eigenvalue weighted by Crippen LogP contribution is 2.25. The number of para-hydroxylation sites is 2. The zero-order valence-electron chi connectivity index (χ0n) is 16.6. The van der Waals surface area contributed by atoms with Gasteiger partial charge in [0.05, 0.1) is 28.4 Å². The highest BCUT2D eigenvalue weighted by atomic mass is 35.5. The first kappa shape index (κ1) is 22.8. The van der Waals surface area contributed by atoms with Gasteiger partial charge in [0.15, 0.2) is 0 Å². The van der Waals surface area contributed by atoms with Crippen LogP contribution in [0.25, 0.3) is 28.1 Å². The number of fused-ring (bicyclic) bond motifs is 3. The van der Waals surface area contributed by atoms with Gasteiger partial charge in [-0.15, -0.1) is 24.8 Å². The van der Waals surface area contributed by atoms with Gasteiger partial charge >= 0.3 is 0 Å². The Labute approximate surface area is 183 Å². The Balaban J connectivity index is 0.00000150. The van der Waals surface area contributed by atoms with Crippen molar-refractivity contribution in [3.8, 4) is 17.3 Å². The van der Waals surface area contributed by atoms with E-state index >= 15 is 0 Å². The fourth-order valence-electron chi connectivity index (χ4n) is 3.60. The third-order valence-electron chi connectivity index (χ3n) is 5.20. The van der Waals surface area contributed by atoms with E-state index in [1.165, 1.54) is 11.0 Å². The number of imidazole rings is 2. The zero-order chi connectivity index (χ0) is 18.8. The van der Waals surface area contributed by atoms with Crippen LogP contribution in [0.1, 0.15) is 19.4 Å². The number of halogens is 2. The normalized spacial score (nSPS) is 10.7. The lowest BCUT2D eigenvalue weighted by Crippen LogP contribution is -2.27. The van der Waals surface area contributed by atoms with Crippen LogP contribution in [0.3, 0.4) is 0 Å². The van der Waals surface area contributed by atoms with Gasteiger partial charge in [0.2, 0.25) is 5.78 Å². The van der Waals surface area contributed by atoms with Crippen molar-refractivity contribution in [1.29, 1.82) is 5.26 Å². The smallest absolute Gasteiger partial charge is 0.215 e. The first-order valence-corrected chi connectivity index (χ1v) is 9.44. The summed E-state index contributed by atoms with van der Waals surface area (Å²) in [5.74, 6) is 0.961. The first-order valence-electron chi connectivity index (χ1n) is 9.44. The monoisotopic (exact) mass is 429 g/mol. The Bertz CT molecular complexity index is 1120. The number of benzene rings is 2. The van der Waals surface area contributed by atoms with Crippen LogP contribution in [0.2, 0.25) is 0 Å². The Morgan fingerprint density at radius 3 is 2.24 bits per heavy atom. The van der Waals surface area contributed by atoms with E-state index < -0.39 is 0 Å². The Kier molecular flexibility index (Phi) is 7.69. The molecule has 2 heterocycles. The van der Waals surface area contributed by atoms with Crippen molar-refractivity contribution in [3.63, 3.8) is 0 Å². The molecule has 152 valence electrons. The molecule has 0 unspecified atom stereocenters. The van der Waals surface area contributed by atoms with E-state index in [0.717, 1.165) is 43.2 Å². The lowest BCUT2D eigenvalue weighted by Gasteiger charge is -2.18. The molecule has 0 aliphatic carbocycles. The van der Waals surface area contributed by atoms with Crippen LogP contribution >= 0.6 is 24.8 Å². The van der Waals surface area contributed by atoms with Crippen molar-refractivity contribution in [2.45, 2.75) is 20.4 Å². The topological polar surface area (TPSA) is 49.3 Å². The Morgan fingerprint density at radius 2 is 1.62 bits per heavy atom. The van der Waals surface area contributed by atoms with Gasteiger partial charge in [0, 0.05) is 24.8 Å². The van der Waals surface area contributed by atoms with Gasteiger partial charge in [-0.3, -0.25) is 4.40 Å². The summed E-state index contributed by atoms with van der Waals surface area (Å²) in [5.41, 5.74) is 4.99. The molecule has 5 nitrogen and oxygen atoms in total. The molecule has 2 aromatic carbocycles. The van der Waals surface area contributed by atoms with E-state index in [9.17, 15) is 0 Å². The van der Waals surface area contributed by atoms with Crippen molar-refractivity contribution in [3.05, 3.63) is 60.3 Å². The molecule has 0 aliphatic heterocycles. The summed E-state index contributed by atoms with van der Waals surface area (Å²) in [6.45, 7) is 8.41. The molecule has 7 heteroatoms. The maximum absolute atomic E-state index is 9.00. The molecule has 0 saturated carbocycles. The highest BCUT2D eigenvalue weighted by molar-refractivity contribution is 5.85. The number of aromatic nitrogens is 3. The molecule has 4 aromatic rings. The largest absolute Gasteiger partial charge is 0.308 e. The molecule has 0 saturated heterocycles. The Morgan fingerprint density at radius 1 is 0.966 bits per heavy atom. The minimum atomic E-state index is 0. The summed E-state index contributed by atoms with van der Waals surface area (Å²) < 4.78 is 4.48. The van der Waals surface area contributed by atoms with Gasteiger partial charge in [0.25, 0.3) is 0 Å². The second-order valence-electron chi connectivity index (χ2n) is 6.65. The summed E-state index contributed by atoms with van der Waals surface area (Å²) in [6, 6.07) is 18.2. The number of nitriles is 1. The van der Waals surface area contributed by atoms with E-state index in [1.807, 2.05) is 24.3 Å². The van der Waals surface area contributed by atoms with E-state index in [0.29, 0.717) is 5.56 Å². The summed E-state index contributed by atoms with van der Waals surface area (Å²) >= 11 is 0. The molecule has 29 heavy (non-hydrogen) atoms. The summed E-state index contributed by atoms with van der Waals surface area (Å²) in [5, 5.41) is 9.00. The van der Waals surface area contributed by atoms with E-state index in [4.69, 9.17) is 10.2 Å². The third-order valence-corrected chi connectivity index (χ3v) is 5.20. The molecule has 0 bridgehead atoms. The average Bonchev–Trinajstić information content (AvgIpc) is 3.27. The van der Waals surface area contributed by atoms with Gasteiger partial charge < -0.3 is 9.47 Å². The minimum Gasteiger partial charge on any atom is -0.308 e. The second-order valence-corrected chi connectivity index (χ2v) is 6.65. The molecule has 0 atom stereocenters. The fourth-order valence-corrected chi connectivity index (χ4v) is 3.60. The van der Waals surface area contributed by atoms with Crippen LogP contribution in [0, 0.1) is 11.3 Å². The minimum absolute atomic E-state index is 0. The van der Waals surface area contributed by atoms with E-state index in [2.05, 4.69) is 64.2 Å². The van der Waals surface area contributed by atoms with Gasteiger partial charge in [-0.2, -0.15) is 5.26 Å². The highest BCUT2D eigenvalue weighted by Gasteiger charge is 2.15. The van der Waals surface area contributed by atoms with Gasteiger partial charge in [-0.05, 0) is 37.4 Å². The maximum Gasteiger partial charge on any atom is 0.215 e. The molecule has 0 radical (unpaired) electrons. The molecule has 0 amide bonds. The van der Waals surface area contributed by atoms with Gasteiger partial charge in [-0.1, -0.05) is 38.1 Å². The van der Waals surface area contributed by atoms with Crippen molar-refractivity contribution < 1.29 is 0 Å². The van der Waals surface area contributed by atoms with Crippen molar-refractivity contribution in [1.82, 2.24) is 18.9 Å². The van der Waals surface area contributed by atoms with E-state index in [-0.39, 0.29) is 24.8 Å². The van der Waals surface area contributed by atoms with Crippen LogP contribution in [0.5, 0.6) is 0 Å². The van der Waals surface area contributed by atoms with Crippen LogP contribution in [-0.4, -0.2) is 38.5 Å². The quantitative estimate of drug-likeness (QED) is 0.432. The molecule has 2 aromatic heterocycles. The molecule has 0 fully saturated rings. The molecular weight excluding hydrogens is 405 g/mol. The number of rotatable bonds is 6. The van der Waals surface area contributed by atoms with Crippen LogP contribution < -0.4 is 0 Å². The average molecular weight is 430 g/mol. The molecule has 4 rings (SSSR count). The molecular formula is C22H25Cl2N5. The van der Waals surface area contributed by atoms with E-state index in [1.54, 1.807) is 0 Å².